The Kier molecular flexibility index (Phi) is 15.2. The number of esters is 1. The normalized spacial score (nSPS) is 17.6. The fraction of sp³-hybridized carbons (Fsp3) is 0.321. The third kappa shape index (κ3) is 11.4. The predicted octanol–water partition coefficient (Wildman–Crippen LogP) is 5.21. The number of aromatic nitrogens is 1. The number of ether oxygens (including phenoxy) is 3. The molecule has 2 aliphatic rings. The molecule has 2 atom stereocenters. The van der Waals surface area contributed by atoms with E-state index in [1.165, 1.54) is 24.8 Å². The van der Waals surface area contributed by atoms with Gasteiger partial charge >= 0.3 is 5.97 Å². The average Bonchev–Trinajstić information content (AvgIpc) is 3.35. The molecule has 1 aromatic heterocycles. The molecule has 15 nitrogen and oxygen atoms in total. The Balaban J connectivity index is 0.783. The van der Waals surface area contributed by atoms with E-state index in [2.05, 4.69) is 38.0 Å². The van der Waals surface area contributed by atoms with E-state index in [9.17, 15) is 34.5 Å². The number of phenols is 1. The minimum atomic E-state index is -2.12. The van der Waals surface area contributed by atoms with Gasteiger partial charge in [0.15, 0.2) is 6.61 Å². The number of fused-ring (bicyclic) bond motifs is 1. The van der Waals surface area contributed by atoms with E-state index in [0.717, 1.165) is 38.0 Å². The fourth-order valence-corrected chi connectivity index (χ4v) is 8.92. The molecule has 2 amide bonds. The lowest BCUT2D eigenvalue weighted by Crippen LogP contribution is -2.54. The van der Waals surface area contributed by atoms with Crippen molar-refractivity contribution in [1.82, 2.24) is 25.8 Å². The number of likely N-dealkylation sites (tertiary alicyclic amines) is 1. The van der Waals surface area contributed by atoms with Gasteiger partial charge in [0.05, 0.1) is 30.9 Å². The zero-order chi connectivity index (χ0) is 47.6. The van der Waals surface area contributed by atoms with Crippen LogP contribution in [0.25, 0.3) is 10.9 Å². The van der Waals surface area contributed by atoms with Gasteiger partial charge in [0, 0.05) is 48.7 Å². The highest BCUT2D eigenvalue weighted by molar-refractivity contribution is 5.97. The first kappa shape index (κ1) is 47.5. The summed E-state index contributed by atoms with van der Waals surface area (Å²) < 4.78 is 17.3. The van der Waals surface area contributed by atoms with Crippen molar-refractivity contribution in [2.24, 2.45) is 5.92 Å². The molecule has 68 heavy (non-hydrogen) atoms. The number of carbonyl (C=O) groups is 3. The topological polar surface area (TPSA) is 212 Å². The van der Waals surface area contributed by atoms with Gasteiger partial charge in [-0.25, -0.2) is 4.79 Å². The van der Waals surface area contributed by atoms with E-state index in [1.807, 2.05) is 18.2 Å². The van der Waals surface area contributed by atoms with Crippen LogP contribution in [0.5, 0.6) is 17.2 Å². The average molecular weight is 924 g/mol. The molecule has 15 heteroatoms. The highest BCUT2D eigenvalue weighted by Gasteiger charge is 2.42. The second kappa shape index (κ2) is 21.7. The van der Waals surface area contributed by atoms with Crippen molar-refractivity contribution in [1.29, 1.82) is 0 Å². The molecule has 1 saturated carbocycles. The van der Waals surface area contributed by atoms with Gasteiger partial charge in [-0.3, -0.25) is 19.3 Å². The highest BCUT2D eigenvalue weighted by atomic mass is 16.6. The van der Waals surface area contributed by atoms with Gasteiger partial charge in [-0.1, -0.05) is 84.9 Å². The SMILES string of the molecule is COc1cc(CNC[C@H](O)c2ccc(O)c3[nH]c(=O)ccc23)ccc1C(=O)N[C@H]1C[C@H](NC(=O)COc2cccc([C@](O)(C(=O)OCC3CCN(Cc4ccccc4)CC3)c3ccccc3)c2)C1. The lowest BCUT2D eigenvalue weighted by atomic mass is 9.86. The first-order valence-corrected chi connectivity index (χ1v) is 22.9. The standard InChI is InChI=1S/C53H57N5O10/c1-66-47-25-36(29-54-30-46(60)42-17-19-45(59)50-43(42)18-20-48(61)57-50)15-16-44(47)51(63)56-40-27-39(28-40)55-49(62)33-67-41-14-8-13-38(26-41)53(65,37-11-6-3-7-12-37)52(64)68-32-35-21-23-58(24-22-35)31-34-9-4-2-5-10-34/h2-20,25-26,35,39-40,46,54,59-60,65H,21-24,27-33H2,1H3,(H,55,62)(H,56,63)(H,57,61)/t39-,40-,46-,53-/m0/s1. The second-order valence-corrected chi connectivity index (χ2v) is 17.6. The zero-order valence-corrected chi connectivity index (χ0v) is 37.9. The van der Waals surface area contributed by atoms with Crippen LogP contribution in [0.15, 0.2) is 132 Å². The summed E-state index contributed by atoms with van der Waals surface area (Å²) in [7, 11) is 1.48. The minimum absolute atomic E-state index is 0.0855. The number of rotatable bonds is 19. The van der Waals surface area contributed by atoms with Crippen LogP contribution in [-0.2, 0) is 33.0 Å². The number of H-pyrrole nitrogens is 1. The predicted molar refractivity (Wildman–Crippen MR) is 255 cm³/mol. The van der Waals surface area contributed by atoms with Gasteiger partial charge in [0.1, 0.15) is 17.2 Å². The second-order valence-electron chi connectivity index (χ2n) is 17.6. The molecule has 0 spiro atoms. The maximum Gasteiger partial charge on any atom is 0.347 e. The van der Waals surface area contributed by atoms with Crippen LogP contribution >= 0.6 is 0 Å². The van der Waals surface area contributed by atoms with Crippen molar-refractivity contribution in [3.63, 3.8) is 0 Å². The van der Waals surface area contributed by atoms with Crippen LogP contribution in [0.2, 0.25) is 0 Å². The lowest BCUT2D eigenvalue weighted by Gasteiger charge is -2.36. The summed E-state index contributed by atoms with van der Waals surface area (Å²) >= 11 is 0. The quantitative estimate of drug-likeness (QED) is 0.0522. The molecule has 354 valence electrons. The van der Waals surface area contributed by atoms with Crippen LogP contribution < -0.4 is 31.0 Å². The van der Waals surface area contributed by atoms with Crippen molar-refractivity contribution >= 4 is 28.7 Å². The van der Waals surface area contributed by atoms with Gasteiger partial charge < -0.3 is 50.5 Å². The summed E-state index contributed by atoms with van der Waals surface area (Å²) in [5, 5.41) is 43.0. The Hall–Kier alpha value is -7.04. The molecular weight excluding hydrogens is 867 g/mol. The number of hydrogen-bond acceptors (Lipinski definition) is 12. The molecule has 0 bridgehead atoms. The highest BCUT2D eigenvalue weighted by Crippen LogP contribution is 2.34. The number of aromatic hydroxyl groups is 1. The van der Waals surface area contributed by atoms with Crippen LogP contribution in [0.4, 0.5) is 0 Å². The molecule has 1 aliphatic carbocycles. The molecule has 7 N–H and O–H groups in total. The smallest absolute Gasteiger partial charge is 0.347 e. The Labute approximate surface area is 394 Å². The molecule has 2 heterocycles. The van der Waals surface area contributed by atoms with Crippen LogP contribution in [0.1, 0.15) is 70.0 Å². The van der Waals surface area contributed by atoms with Gasteiger partial charge in [0.2, 0.25) is 11.2 Å². The van der Waals surface area contributed by atoms with Crippen molar-refractivity contribution in [3.8, 4) is 17.2 Å². The van der Waals surface area contributed by atoms with Gasteiger partial charge in [0.25, 0.3) is 11.8 Å². The maximum absolute atomic E-state index is 13.9. The molecule has 2 fully saturated rings. The maximum atomic E-state index is 13.9. The molecule has 0 unspecified atom stereocenters. The van der Waals surface area contributed by atoms with Crippen LogP contribution in [-0.4, -0.2) is 95.0 Å². The Bertz CT molecular complexity index is 2760. The Morgan fingerprint density at radius 1 is 0.824 bits per heavy atom. The summed E-state index contributed by atoms with van der Waals surface area (Å²) in [4.78, 5) is 56.9. The fourth-order valence-electron chi connectivity index (χ4n) is 8.92. The van der Waals surface area contributed by atoms with E-state index in [0.29, 0.717) is 53.0 Å². The van der Waals surface area contributed by atoms with Gasteiger partial charge in [-0.15, -0.1) is 0 Å². The van der Waals surface area contributed by atoms with E-state index in [1.54, 1.807) is 84.9 Å². The minimum Gasteiger partial charge on any atom is -0.506 e. The van der Waals surface area contributed by atoms with Crippen LogP contribution in [0.3, 0.4) is 0 Å². The number of piperidine rings is 1. The summed E-state index contributed by atoms with van der Waals surface area (Å²) in [6.45, 7) is 3.09. The molecular formula is C53H57N5O10. The third-order valence-corrected chi connectivity index (χ3v) is 12.8. The van der Waals surface area contributed by atoms with E-state index < -0.39 is 17.7 Å². The van der Waals surface area contributed by atoms with Crippen molar-refractivity contribution in [2.45, 2.75) is 62.6 Å². The number of hydrogen-bond donors (Lipinski definition) is 7. The number of benzene rings is 5. The summed E-state index contributed by atoms with van der Waals surface area (Å²) in [5.74, 6) is -0.694. The number of amides is 2. The summed E-state index contributed by atoms with van der Waals surface area (Å²) in [6, 6.07) is 36.3. The van der Waals surface area contributed by atoms with Crippen LogP contribution in [0, 0.1) is 5.92 Å². The number of aliphatic hydroxyl groups excluding tert-OH is 1. The first-order chi connectivity index (χ1) is 33.0. The van der Waals surface area contributed by atoms with Gasteiger partial charge in [-0.2, -0.15) is 0 Å². The number of methoxy groups -OCH3 is 1. The molecule has 1 saturated heterocycles. The largest absolute Gasteiger partial charge is 0.506 e. The number of nitrogens with one attached hydrogen (secondary N) is 4. The summed E-state index contributed by atoms with van der Waals surface area (Å²) in [6.07, 6.45) is 1.86. The number of pyridine rings is 1. The number of carbonyl (C=O) groups excluding carboxylic acids is 3. The van der Waals surface area contributed by atoms with E-state index in [4.69, 9.17) is 14.2 Å². The van der Waals surface area contributed by atoms with E-state index >= 15 is 0 Å². The molecule has 6 aromatic rings. The molecule has 0 radical (unpaired) electrons. The van der Waals surface area contributed by atoms with Crippen molar-refractivity contribution in [2.75, 3.05) is 40.0 Å². The molecule has 1 aliphatic heterocycles. The summed E-state index contributed by atoms with van der Waals surface area (Å²) in [5.41, 5.74) is 1.37. The van der Waals surface area contributed by atoms with Gasteiger partial charge in [-0.05, 0) is 103 Å². The lowest BCUT2D eigenvalue weighted by molar-refractivity contribution is -0.164. The number of aromatic amines is 1. The number of nitrogens with zero attached hydrogens (tertiary/aromatic N) is 1. The molecule has 8 rings (SSSR count). The molecule has 5 aromatic carbocycles. The van der Waals surface area contributed by atoms with E-state index in [-0.39, 0.29) is 72.0 Å². The van der Waals surface area contributed by atoms with Crippen molar-refractivity contribution < 1.29 is 43.9 Å². The first-order valence-electron chi connectivity index (χ1n) is 22.9. The van der Waals surface area contributed by atoms with Crippen molar-refractivity contribution in [3.05, 3.63) is 171 Å². The Morgan fingerprint density at radius 2 is 1.54 bits per heavy atom. The number of phenolic OH excluding ortho intramolecular Hbond substituents is 1. The Morgan fingerprint density at radius 3 is 2.29 bits per heavy atom. The number of aliphatic hydroxyl groups is 2. The zero-order valence-electron chi connectivity index (χ0n) is 37.9. The monoisotopic (exact) mass is 923 g/mol. The third-order valence-electron chi connectivity index (χ3n) is 12.8.